The number of hydrogen-bond donors (Lipinski definition) is 2. The molecule has 0 fully saturated rings. The van der Waals surface area contributed by atoms with Crippen molar-refractivity contribution in [3.63, 3.8) is 0 Å². The summed E-state index contributed by atoms with van der Waals surface area (Å²) >= 11 is 1.75. The Balaban J connectivity index is 2.42. The first-order valence-corrected chi connectivity index (χ1v) is 8.08. The number of aromatic nitrogens is 2. The number of nitrogens with two attached hydrogens (primary N) is 2. The molecule has 1 aromatic heterocycles. The fourth-order valence-corrected chi connectivity index (χ4v) is 3.34. The van der Waals surface area contributed by atoms with Gasteiger partial charge in [0.05, 0.1) is 6.54 Å². The zero-order valence-electron chi connectivity index (χ0n) is 13.2. The van der Waals surface area contributed by atoms with Crippen molar-refractivity contribution < 1.29 is 0 Å². The molecular weight excluding hydrogens is 296 g/mol. The van der Waals surface area contributed by atoms with E-state index < -0.39 is 0 Å². The van der Waals surface area contributed by atoms with Gasteiger partial charge in [0.25, 0.3) is 0 Å². The Morgan fingerprint density at radius 2 is 2.09 bits per heavy atom. The highest BCUT2D eigenvalue weighted by Crippen LogP contribution is 2.31. The minimum atomic E-state index is -0.331. The Morgan fingerprint density at radius 3 is 2.73 bits per heavy atom. The Morgan fingerprint density at radius 1 is 1.36 bits per heavy atom. The van der Waals surface area contributed by atoms with Crippen LogP contribution in [0.2, 0.25) is 0 Å². The molecule has 0 radical (unpaired) electrons. The van der Waals surface area contributed by atoms with E-state index >= 15 is 0 Å². The van der Waals surface area contributed by atoms with E-state index in [1.165, 1.54) is 16.0 Å². The summed E-state index contributed by atoms with van der Waals surface area (Å²) < 4.78 is 1.57. The molecule has 0 spiro atoms. The lowest BCUT2D eigenvalue weighted by Gasteiger charge is -2.17. The molecule has 5 nitrogen and oxygen atoms in total. The highest BCUT2D eigenvalue weighted by molar-refractivity contribution is 8.00. The monoisotopic (exact) mass is 318 g/mol. The quantitative estimate of drug-likeness (QED) is 0.823. The molecule has 0 aliphatic carbocycles. The van der Waals surface area contributed by atoms with Crippen LogP contribution in [0, 0.1) is 13.8 Å². The van der Waals surface area contributed by atoms with E-state index in [1.807, 2.05) is 0 Å². The SMILES string of the molecule is Cc1cc(C)c(SC(C)CN)c(Cn2ccc(N)nc2=O)c1. The van der Waals surface area contributed by atoms with Crippen molar-refractivity contribution in [2.45, 2.75) is 37.5 Å². The lowest BCUT2D eigenvalue weighted by Crippen LogP contribution is -2.24. The van der Waals surface area contributed by atoms with Crippen LogP contribution in [0.3, 0.4) is 0 Å². The number of anilines is 1. The van der Waals surface area contributed by atoms with Crippen LogP contribution in [-0.2, 0) is 6.54 Å². The minimum absolute atomic E-state index is 0.244. The van der Waals surface area contributed by atoms with E-state index in [1.54, 1.807) is 28.6 Å². The van der Waals surface area contributed by atoms with Gasteiger partial charge in [-0.1, -0.05) is 24.6 Å². The van der Waals surface area contributed by atoms with Crippen LogP contribution in [0.5, 0.6) is 0 Å². The number of nitrogens with zero attached hydrogens (tertiary/aromatic N) is 2. The summed E-state index contributed by atoms with van der Waals surface area (Å²) in [5.74, 6) is 0.244. The summed E-state index contributed by atoms with van der Waals surface area (Å²) in [6.07, 6.45) is 1.68. The van der Waals surface area contributed by atoms with Crippen LogP contribution < -0.4 is 17.2 Å². The summed E-state index contributed by atoms with van der Waals surface area (Å²) in [5.41, 5.74) is 14.4. The third-order valence-corrected chi connectivity index (χ3v) is 4.80. The number of nitrogen functional groups attached to an aromatic ring is 1. The van der Waals surface area contributed by atoms with Gasteiger partial charge in [-0.3, -0.25) is 4.57 Å². The van der Waals surface area contributed by atoms with Crippen molar-refractivity contribution in [1.29, 1.82) is 0 Å². The van der Waals surface area contributed by atoms with E-state index in [-0.39, 0.29) is 11.5 Å². The molecule has 4 N–H and O–H groups in total. The maximum absolute atomic E-state index is 11.9. The molecule has 0 amide bonds. The Hall–Kier alpha value is -1.79. The van der Waals surface area contributed by atoms with E-state index in [0.29, 0.717) is 18.3 Å². The molecule has 1 aromatic carbocycles. The summed E-state index contributed by atoms with van der Waals surface area (Å²) in [6, 6.07) is 5.90. The number of aryl methyl sites for hydroxylation is 2. The van der Waals surface area contributed by atoms with Gasteiger partial charge in [0, 0.05) is 22.9 Å². The second kappa shape index (κ2) is 6.98. The Bertz CT molecular complexity index is 727. The van der Waals surface area contributed by atoms with Gasteiger partial charge in [0.2, 0.25) is 0 Å². The largest absolute Gasteiger partial charge is 0.383 e. The normalized spacial score (nSPS) is 12.4. The molecule has 0 bridgehead atoms. The van der Waals surface area contributed by atoms with Crippen LogP contribution in [0.1, 0.15) is 23.6 Å². The Labute approximate surface area is 134 Å². The topological polar surface area (TPSA) is 86.9 Å². The van der Waals surface area contributed by atoms with Crippen molar-refractivity contribution in [2.75, 3.05) is 12.3 Å². The highest BCUT2D eigenvalue weighted by atomic mass is 32.2. The van der Waals surface area contributed by atoms with Gasteiger partial charge in [-0.2, -0.15) is 4.98 Å². The molecule has 0 aliphatic rings. The van der Waals surface area contributed by atoms with Crippen LogP contribution >= 0.6 is 11.8 Å². The average Bonchev–Trinajstić information content (AvgIpc) is 2.45. The summed E-state index contributed by atoms with van der Waals surface area (Å²) in [7, 11) is 0. The second-order valence-electron chi connectivity index (χ2n) is 5.50. The number of thioether (sulfide) groups is 1. The summed E-state index contributed by atoms with van der Waals surface area (Å²) in [5, 5.41) is 0.321. The van der Waals surface area contributed by atoms with Gasteiger partial charge in [-0.15, -0.1) is 11.8 Å². The Kier molecular flexibility index (Phi) is 5.26. The number of benzene rings is 1. The zero-order valence-corrected chi connectivity index (χ0v) is 14.0. The molecule has 22 heavy (non-hydrogen) atoms. The summed E-state index contributed by atoms with van der Waals surface area (Å²) in [6.45, 7) is 7.34. The van der Waals surface area contributed by atoms with E-state index in [0.717, 1.165) is 5.56 Å². The average molecular weight is 318 g/mol. The molecule has 0 saturated carbocycles. The van der Waals surface area contributed by atoms with Gasteiger partial charge in [0.15, 0.2) is 0 Å². The smallest absolute Gasteiger partial charge is 0.349 e. The predicted octanol–water partition coefficient (Wildman–Crippen LogP) is 1.93. The molecule has 0 aliphatic heterocycles. The minimum Gasteiger partial charge on any atom is -0.383 e. The van der Waals surface area contributed by atoms with E-state index in [9.17, 15) is 4.79 Å². The molecule has 118 valence electrons. The maximum Gasteiger partial charge on any atom is 0.349 e. The van der Waals surface area contributed by atoms with Crippen LogP contribution in [-0.4, -0.2) is 21.3 Å². The lowest BCUT2D eigenvalue weighted by molar-refractivity contribution is 0.718. The fourth-order valence-electron chi connectivity index (χ4n) is 2.32. The second-order valence-corrected chi connectivity index (χ2v) is 6.95. The molecule has 1 heterocycles. The van der Waals surface area contributed by atoms with Crippen molar-refractivity contribution in [3.8, 4) is 0 Å². The molecule has 2 aromatic rings. The predicted molar refractivity (Wildman–Crippen MR) is 92.3 cm³/mol. The van der Waals surface area contributed by atoms with Crippen LogP contribution in [0.4, 0.5) is 5.82 Å². The van der Waals surface area contributed by atoms with Crippen molar-refractivity contribution in [1.82, 2.24) is 9.55 Å². The van der Waals surface area contributed by atoms with Crippen molar-refractivity contribution >= 4 is 17.6 Å². The summed E-state index contributed by atoms with van der Waals surface area (Å²) in [4.78, 5) is 16.9. The molecule has 1 unspecified atom stereocenters. The van der Waals surface area contributed by atoms with E-state index in [2.05, 4.69) is 37.9 Å². The molecule has 6 heteroatoms. The van der Waals surface area contributed by atoms with Gasteiger partial charge in [0.1, 0.15) is 5.82 Å². The van der Waals surface area contributed by atoms with Gasteiger partial charge in [-0.05, 0) is 31.0 Å². The zero-order chi connectivity index (χ0) is 16.3. The fraction of sp³-hybridized carbons (Fsp3) is 0.375. The molecular formula is C16H22N4OS. The molecule has 0 saturated heterocycles. The number of hydrogen-bond acceptors (Lipinski definition) is 5. The molecule has 2 rings (SSSR count). The lowest BCUT2D eigenvalue weighted by atomic mass is 10.1. The van der Waals surface area contributed by atoms with Gasteiger partial charge >= 0.3 is 5.69 Å². The van der Waals surface area contributed by atoms with Crippen LogP contribution in [0.25, 0.3) is 0 Å². The van der Waals surface area contributed by atoms with Gasteiger partial charge < -0.3 is 11.5 Å². The first kappa shape index (κ1) is 16.6. The first-order valence-electron chi connectivity index (χ1n) is 7.20. The third-order valence-electron chi connectivity index (χ3n) is 3.38. The first-order chi connectivity index (χ1) is 10.4. The van der Waals surface area contributed by atoms with Crippen LogP contribution in [0.15, 0.2) is 34.1 Å². The highest BCUT2D eigenvalue weighted by Gasteiger charge is 2.12. The molecule has 1 atom stereocenters. The van der Waals surface area contributed by atoms with Crippen molar-refractivity contribution in [3.05, 3.63) is 51.6 Å². The maximum atomic E-state index is 11.9. The van der Waals surface area contributed by atoms with Gasteiger partial charge in [-0.25, -0.2) is 4.79 Å². The third kappa shape index (κ3) is 3.90. The number of rotatable bonds is 5. The standard InChI is InChI=1S/C16H22N4OS/c1-10-6-11(2)15(22-12(3)8-17)13(7-10)9-20-5-4-14(18)19-16(20)21/h4-7,12H,8-9,17H2,1-3H3,(H2,18,19,21). The van der Waals surface area contributed by atoms with E-state index in [4.69, 9.17) is 11.5 Å². The van der Waals surface area contributed by atoms with Crippen molar-refractivity contribution in [2.24, 2.45) is 5.73 Å².